The molecule has 1 N–H and O–H groups in total. The molecule has 3 heteroatoms. The van der Waals surface area contributed by atoms with Crippen LogP contribution in [0, 0.1) is 5.92 Å². The van der Waals surface area contributed by atoms with Crippen LogP contribution in [0.5, 0.6) is 0 Å². The van der Waals surface area contributed by atoms with Gasteiger partial charge in [-0.25, -0.2) is 0 Å². The Morgan fingerprint density at radius 3 is 2.73 bits per heavy atom. The van der Waals surface area contributed by atoms with Crippen molar-refractivity contribution in [3.63, 3.8) is 0 Å². The molecule has 86 valence electrons. The molecule has 0 spiro atoms. The van der Waals surface area contributed by atoms with Gasteiger partial charge in [0.15, 0.2) is 0 Å². The second kappa shape index (κ2) is 5.93. The first kappa shape index (κ1) is 12.3. The zero-order chi connectivity index (χ0) is 11.3. The minimum Gasteiger partial charge on any atom is -0.468 e. The molecule has 0 saturated carbocycles. The molecular formula is C12H22N2O. The van der Waals surface area contributed by atoms with E-state index >= 15 is 0 Å². The monoisotopic (exact) mass is 210 g/mol. The van der Waals surface area contributed by atoms with E-state index in [-0.39, 0.29) is 0 Å². The molecule has 15 heavy (non-hydrogen) atoms. The van der Waals surface area contributed by atoms with Crippen LogP contribution in [0.3, 0.4) is 0 Å². The van der Waals surface area contributed by atoms with Gasteiger partial charge in [-0.2, -0.15) is 0 Å². The molecule has 0 aromatic carbocycles. The lowest BCUT2D eigenvalue weighted by atomic mass is 10.2. The normalized spacial score (nSPS) is 11.6. The molecule has 0 aliphatic heterocycles. The fourth-order valence-electron chi connectivity index (χ4n) is 1.45. The smallest absolute Gasteiger partial charge is 0.122 e. The molecule has 1 aromatic heterocycles. The molecule has 1 rings (SSSR count). The van der Waals surface area contributed by atoms with Crippen LogP contribution in [0.4, 0.5) is 0 Å². The van der Waals surface area contributed by atoms with Crippen LogP contribution in [0.15, 0.2) is 16.7 Å². The predicted octanol–water partition coefficient (Wildman–Crippen LogP) is 2.09. The van der Waals surface area contributed by atoms with E-state index < -0.39 is 0 Å². The van der Waals surface area contributed by atoms with Crippen molar-refractivity contribution in [2.45, 2.75) is 26.9 Å². The Balaban J connectivity index is 2.43. The Labute approximate surface area is 92.5 Å². The van der Waals surface area contributed by atoms with Crippen molar-refractivity contribution in [1.29, 1.82) is 0 Å². The third-order valence-corrected chi connectivity index (χ3v) is 2.17. The van der Waals surface area contributed by atoms with Crippen LogP contribution in [0.1, 0.15) is 25.2 Å². The van der Waals surface area contributed by atoms with E-state index in [4.69, 9.17) is 4.42 Å². The minimum absolute atomic E-state index is 0.689. The van der Waals surface area contributed by atoms with Crippen molar-refractivity contribution >= 4 is 0 Å². The first-order valence-corrected chi connectivity index (χ1v) is 5.50. The van der Waals surface area contributed by atoms with Crippen LogP contribution in [-0.2, 0) is 13.1 Å². The Morgan fingerprint density at radius 1 is 1.40 bits per heavy atom. The van der Waals surface area contributed by atoms with Crippen LogP contribution in [0.2, 0.25) is 0 Å². The van der Waals surface area contributed by atoms with Gasteiger partial charge in [-0.05, 0) is 32.6 Å². The molecule has 0 atom stereocenters. The molecule has 3 nitrogen and oxygen atoms in total. The number of hydrogen-bond acceptors (Lipinski definition) is 3. The highest BCUT2D eigenvalue weighted by molar-refractivity contribution is 5.16. The van der Waals surface area contributed by atoms with Gasteiger partial charge in [-0.15, -0.1) is 0 Å². The number of furan rings is 1. The molecule has 0 amide bonds. The fourth-order valence-corrected chi connectivity index (χ4v) is 1.45. The molecule has 1 heterocycles. The van der Waals surface area contributed by atoms with Gasteiger partial charge in [0.05, 0.1) is 12.8 Å². The van der Waals surface area contributed by atoms with E-state index in [1.807, 2.05) is 20.2 Å². The summed E-state index contributed by atoms with van der Waals surface area (Å²) in [5.41, 5.74) is 1.27. The summed E-state index contributed by atoms with van der Waals surface area (Å²) in [6.45, 7) is 7.24. The Kier molecular flexibility index (Phi) is 4.85. The van der Waals surface area contributed by atoms with Crippen LogP contribution in [-0.4, -0.2) is 25.5 Å². The first-order valence-electron chi connectivity index (χ1n) is 5.50. The summed E-state index contributed by atoms with van der Waals surface area (Å²) in [6.07, 6.45) is 1.77. The number of rotatable bonds is 6. The molecule has 0 unspecified atom stereocenters. The number of nitrogens with zero attached hydrogens (tertiary/aromatic N) is 1. The Bertz CT molecular complexity index is 279. The number of hydrogen-bond donors (Lipinski definition) is 1. The molecule has 0 saturated heterocycles. The summed E-state index contributed by atoms with van der Waals surface area (Å²) >= 11 is 0. The fraction of sp³-hybridized carbons (Fsp3) is 0.667. The zero-order valence-corrected chi connectivity index (χ0v) is 10.2. The second-order valence-corrected chi connectivity index (χ2v) is 4.63. The highest BCUT2D eigenvalue weighted by atomic mass is 16.3. The largest absolute Gasteiger partial charge is 0.468 e. The third kappa shape index (κ3) is 4.49. The summed E-state index contributed by atoms with van der Waals surface area (Å²) in [7, 11) is 4.10. The van der Waals surface area contributed by atoms with E-state index in [1.165, 1.54) is 5.56 Å². The van der Waals surface area contributed by atoms with Gasteiger partial charge in [0.25, 0.3) is 0 Å². The van der Waals surface area contributed by atoms with E-state index in [9.17, 15) is 0 Å². The molecule has 1 aromatic rings. The van der Waals surface area contributed by atoms with Crippen molar-refractivity contribution in [1.82, 2.24) is 10.2 Å². The summed E-state index contributed by atoms with van der Waals surface area (Å²) in [6, 6.07) is 2.05. The molecule has 0 fully saturated rings. The van der Waals surface area contributed by atoms with Crippen molar-refractivity contribution < 1.29 is 4.42 Å². The van der Waals surface area contributed by atoms with E-state index in [2.05, 4.69) is 24.1 Å². The lowest BCUT2D eigenvalue weighted by Gasteiger charge is -2.10. The zero-order valence-electron chi connectivity index (χ0n) is 10.2. The molecule has 0 bridgehead atoms. The van der Waals surface area contributed by atoms with Gasteiger partial charge in [-0.1, -0.05) is 13.8 Å². The van der Waals surface area contributed by atoms with E-state index in [0.717, 1.165) is 25.4 Å². The van der Waals surface area contributed by atoms with Crippen LogP contribution >= 0.6 is 0 Å². The number of nitrogens with one attached hydrogen (secondary N) is 1. The molecule has 0 aliphatic rings. The van der Waals surface area contributed by atoms with Crippen molar-refractivity contribution in [3.8, 4) is 0 Å². The van der Waals surface area contributed by atoms with Gasteiger partial charge < -0.3 is 14.6 Å². The standard InChI is InChI=1S/C12H22N2O/c1-10(2)7-13-8-11-5-6-15-12(11)9-14(3)4/h5-6,10,13H,7-9H2,1-4H3. The van der Waals surface area contributed by atoms with Gasteiger partial charge in [0.1, 0.15) is 5.76 Å². The Hall–Kier alpha value is -0.800. The van der Waals surface area contributed by atoms with Crippen LogP contribution in [0.25, 0.3) is 0 Å². The maximum Gasteiger partial charge on any atom is 0.122 e. The van der Waals surface area contributed by atoms with Crippen LogP contribution < -0.4 is 5.32 Å². The summed E-state index contributed by atoms with van der Waals surface area (Å²) < 4.78 is 5.45. The highest BCUT2D eigenvalue weighted by Crippen LogP contribution is 2.11. The maximum atomic E-state index is 5.45. The minimum atomic E-state index is 0.689. The van der Waals surface area contributed by atoms with Crippen molar-refractivity contribution in [3.05, 3.63) is 23.7 Å². The van der Waals surface area contributed by atoms with Gasteiger partial charge >= 0.3 is 0 Å². The van der Waals surface area contributed by atoms with Gasteiger partial charge in [0.2, 0.25) is 0 Å². The average Bonchev–Trinajstić information content (AvgIpc) is 2.51. The lowest BCUT2D eigenvalue weighted by molar-refractivity contribution is 0.347. The summed E-state index contributed by atoms with van der Waals surface area (Å²) in [5.74, 6) is 1.76. The van der Waals surface area contributed by atoms with Crippen molar-refractivity contribution in [2.24, 2.45) is 5.92 Å². The lowest BCUT2D eigenvalue weighted by Crippen LogP contribution is -2.20. The van der Waals surface area contributed by atoms with Crippen molar-refractivity contribution in [2.75, 3.05) is 20.6 Å². The highest BCUT2D eigenvalue weighted by Gasteiger charge is 2.06. The van der Waals surface area contributed by atoms with Gasteiger partial charge in [0, 0.05) is 12.1 Å². The van der Waals surface area contributed by atoms with E-state index in [1.54, 1.807) is 6.26 Å². The topological polar surface area (TPSA) is 28.4 Å². The predicted molar refractivity (Wildman–Crippen MR) is 62.6 cm³/mol. The quantitative estimate of drug-likeness (QED) is 0.779. The maximum absolute atomic E-state index is 5.45. The Morgan fingerprint density at radius 2 is 2.13 bits per heavy atom. The van der Waals surface area contributed by atoms with E-state index in [0.29, 0.717) is 5.92 Å². The van der Waals surface area contributed by atoms with Gasteiger partial charge in [-0.3, -0.25) is 0 Å². The second-order valence-electron chi connectivity index (χ2n) is 4.63. The summed E-state index contributed by atoms with van der Waals surface area (Å²) in [5, 5.41) is 3.42. The molecule has 0 aliphatic carbocycles. The SMILES string of the molecule is CC(C)CNCc1ccoc1CN(C)C. The average molecular weight is 210 g/mol. The third-order valence-electron chi connectivity index (χ3n) is 2.17. The molecular weight excluding hydrogens is 188 g/mol. The molecule has 0 radical (unpaired) electrons. The first-order chi connectivity index (χ1) is 7.09. The summed E-state index contributed by atoms with van der Waals surface area (Å²) in [4.78, 5) is 2.12.